The van der Waals surface area contributed by atoms with Crippen LogP contribution < -0.4 is 0 Å². The van der Waals surface area contributed by atoms with Crippen LogP contribution in [0.5, 0.6) is 0 Å². The van der Waals surface area contributed by atoms with Crippen molar-refractivity contribution in [2.24, 2.45) is 11.8 Å². The summed E-state index contributed by atoms with van der Waals surface area (Å²) in [7, 11) is 5.96. The zero-order valence-electron chi connectivity index (χ0n) is 24.7. The molecule has 1 saturated carbocycles. The molecule has 8 heteroatoms. The van der Waals surface area contributed by atoms with Gasteiger partial charge in [0.25, 0.3) is 0 Å². The van der Waals surface area contributed by atoms with Gasteiger partial charge in [0, 0.05) is 31.3 Å². The van der Waals surface area contributed by atoms with Crippen molar-refractivity contribution in [3.05, 3.63) is 50.3 Å². The molecule has 1 unspecified atom stereocenters. The van der Waals surface area contributed by atoms with Crippen molar-refractivity contribution in [3.8, 4) is 0 Å². The first-order valence-electron chi connectivity index (χ1n) is 12.5. The lowest BCUT2D eigenvalue weighted by Crippen LogP contribution is -2.26. The molecular weight excluding hydrogens is 560 g/mol. The third kappa shape index (κ3) is 77.4. The average Bonchev–Trinajstić information content (AvgIpc) is 3.80. The quantitative estimate of drug-likeness (QED) is 0.0890. The minimum atomic E-state index is -0.394. The minimum Gasteiger partial charge on any atom is -0.505 e. The van der Waals surface area contributed by atoms with Gasteiger partial charge >= 0.3 is 11.9 Å². The highest BCUT2D eigenvalue weighted by atomic mass is 16.6. The molecule has 0 N–H and O–H groups in total. The number of ether oxygens (including phenoxy) is 6. The van der Waals surface area contributed by atoms with E-state index in [9.17, 15) is 9.59 Å². The molecule has 2 saturated heterocycles. The molecule has 3 fully saturated rings. The Labute approximate surface area is 278 Å². The highest BCUT2D eigenvalue weighted by Gasteiger charge is 2.20. The first kappa shape index (κ1) is 73.2. The predicted octanol–water partition coefficient (Wildman–Crippen LogP) is 10.4. The summed E-state index contributed by atoms with van der Waals surface area (Å²) < 4.78 is 27.4. The van der Waals surface area contributed by atoms with E-state index in [1.165, 1.54) is 46.2 Å². The van der Waals surface area contributed by atoms with Crippen LogP contribution in [-0.2, 0) is 38.0 Å². The van der Waals surface area contributed by atoms with Crippen LogP contribution in [0, 0.1) is 11.8 Å². The zero-order valence-corrected chi connectivity index (χ0v) is 24.7. The summed E-state index contributed by atoms with van der Waals surface area (Å²) in [4.78, 5) is 20.0. The first-order valence-corrected chi connectivity index (χ1v) is 12.5. The Balaban J connectivity index is -0.0000000316. The molecule has 8 nitrogen and oxygen atoms in total. The minimum absolute atomic E-state index is 0. The van der Waals surface area contributed by atoms with Gasteiger partial charge in [-0.2, -0.15) is 0 Å². The molecule has 1 atom stereocenters. The van der Waals surface area contributed by atoms with Gasteiger partial charge in [-0.25, -0.2) is 9.59 Å². The SMILES string of the molecule is C.C.C.C.C.C.C.C=C(C)C(=O)OC.C=CC.C=CC(=O)OC.C=COC.CCC1CO1.CCC1COC1.COCC1CC1. The fraction of sp³-hybridized carbons (Fsp3) is 0.722. The summed E-state index contributed by atoms with van der Waals surface area (Å²) in [5, 5.41) is 0. The Hall–Kier alpha value is -2.42. The second kappa shape index (κ2) is 59.9. The Morgan fingerprint density at radius 2 is 1.20 bits per heavy atom. The molecule has 2 aliphatic heterocycles. The molecule has 44 heavy (non-hydrogen) atoms. The van der Waals surface area contributed by atoms with E-state index in [-0.39, 0.29) is 58.0 Å². The summed E-state index contributed by atoms with van der Waals surface area (Å²) in [5.41, 5.74) is 0.433. The number of allylic oxidation sites excluding steroid dienone is 1. The summed E-state index contributed by atoms with van der Waals surface area (Å²) in [6, 6.07) is 0. The molecule has 274 valence electrons. The molecule has 0 amide bonds. The second-order valence-electron chi connectivity index (χ2n) is 7.88. The van der Waals surface area contributed by atoms with Crippen LogP contribution in [0.1, 0.15) is 105 Å². The number of rotatable bonds is 7. The van der Waals surface area contributed by atoms with Gasteiger partial charge in [0.2, 0.25) is 0 Å². The summed E-state index contributed by atoms with van der Waals surface area (Å²) in [6.45, 7) is 25.0. The zero-order chi connectivity index (χ0) is 29.5. The molecule has 0 aromatic rings. The van der Waals surface area contributed by atoms with Crippen LogP contribution >= 0.6 is 0 Å². The predicted molar refractivity (Wildman–Crippen MR) is 198 cm³/mol. The molecule has 3 aliphatic rings. The molecule has 0 spiro atoms. The van der Waals surface area contributed by atoms with E-state index < -0.39 is 5.97 Å². The number of hydrogen-bond acceptors (Lipinski definition) is 8. The van der Waals surface area contributed by atoms with Crippen molar-refractivity contribution in [1.29, 1.82) is 0 Å². The second-order valence-corrected chi connectivity index (χ2v) is 7.88. The first-order chi connectivity index (χ1) is 17.6. The topological polar surface area (TPSA) is 92.8 Å². The molecule has 2 heterocycles. The van der Waals surface area contributed by atoms with Crippen molar-refractivity contribution in [2.75, 3.05) is 54.9 Å². The van der Waals surface area contributed by atoms with Crippen molar-refractivity contribution >= 4 is 11.9 Å². The average molecular weight is 643 g/mol. The lowest BCUT2D eigenvalue weighted by molar-refractivity contribution is -0.136. The largest absolute Gasteiger partial charge is 0.505 e. The third-order valence-electron chi connectivity index (χ3n) is 4.31. The van der Waals surface area contributed by atoms with Crippen molar-refractivity contribution in [3.63, 3.8) is 0 Å². The van der Waals surface area contributed by atoms with Crippen LogP contribution in [0.4, 0.5) is 0 Å². The van der Waals surface area contributed by atoms with Crippen LogP contribution in [0.15, 0.2) is 50.3 Å². The van der Waals surface area contributed by atoms with Gasteiger partial charge in [-0.3, -0.25) is 0 Å². The van der Waals surface area contributed by atoms with Gasteiger partial charge < -0.3 is 28.4 Å². The highest BCUT2D eigenvalue weighted by molar-refractivity contribution is 5.86. The van der Waals surface area contributed by atoms with Gasteiger partial charge in [0.15, 0.2) is 0 Å². The van der Waals surface area contributed by atoms with Gasteiger partial charge in [-0.05, 0) is 45.4 Å². The maximum Gasteiger partial charge on any atom is 0.332 e. The van der Waals surface area contributed by atoms with Crippen LogP contribution in [0.2, 0.25) is 0 Å². The number of esters is 2. The lowest BCUT2D eigenvalue weighted by atomic mass is 10.1. The van der Waals surface area contributed by atoms with Crippen molar-refractivity contribution < 1.29 is 38.0 Å². The van der Waals surface area contributed by atoms with E-state index in [2.05, 4.69) is 54.4 Å². The van der Waals surface area contributed by atoms with E-state index in [0.29, 0.717) is 11.7 Å². The Kier molecular flexibility index (Phi) is 99.7. The number of carbonyl (C=O) groups excluding carboxylic acids is 2. The van der Waals surface area contributed by atoms with Gasteiger partial charge in [-0.1, -0.05) is 91.6 Å². The molecule has 3 rings (SSSR count). The van der Waals surface area contributed by atoms with Crippen molar-refractivity contribution in [1.82, 2.24) is 0 Å². The van der Waals surface area contributed by atoms with Gasteiger partial charge in [0.05, 0.1) is 53.5 Å². The van der Waals surface area contributed by atoms with E-state index >= 15 is 0 Å². The molecule has 0 radical (unpaired) electrons. The number of epoxide rings is 1. The fourth-order valence-electron chi connectivity index (χ4n) is 1.60. The summed E-state index contributed by atoms with van der Waals surface area (Å²) in [6.07, 6.45) is 10.1. The Morgan fingerprint density at radius 1 is 0.795 bits per heavy atom. The van der Waals surface area contributed by atoms with E-state index in [4.69, 9.17) is 14.2 Å². The standard InChI is InChI=1S/C5H8O2.2C5H10O.C4H6O2.C4H8O.C3H6O.C3H6.7CH4/c1-4(2)5(6)7-3;1-6-4-5-2-3-5;1-2-5-3-6-4-5;1-3-4(5)6-2;1-2-4-3-5-4;1-3-4-2;1-3-2;;;;;;;/h1H2,2-3H3;2*5H,2-4H2,1H3;3H,1H2,2H3;4H,2-3H2,1H3;3H,1H2,2H3;3H,1H2,2H3;7*1H4. The van der Waals surface area contributed by atoms with E-state index in [1.54, 1.807) is 27.2 Å². The van der Waals surface area contributed by atoms with E-state index in [1.807, 2.05) is 6.92 Å². The maximum absolute atomic E-state index is 10.2. The molecular formula is C36H82O8. The van der Waals surface area contributed by atoms with Gasteiger partial charge in [-0.15, -0.1) is 6.58 Å². The van der Waals surface area contributed by atoms with Crippen LogP contribution in [0.3, 0.4) is 0 Å². The lowest BCUT2D eigenvalue weighted by Gasteiger charge is -2.23. The monoisotopic (exact) mass is 643 g/mol. The van der Waals surface area contributed by atoms with Crippen molar-refractivity contribution in [2.45, 2.75) is 111 Å². The number of carbonyl (C=O) groups is 2. The number of hydrogen-bond donors (Lipinski definition) is 0. The molecule has 0 aromatic carbocycles. The van der Waals surface area contributed by atoms with Crippen LogP contribution in [0.25, 0.3) is 0 Å². The Bertz CT molecular complexity index is 562. The Morgan fingerprint density at radius 3 is 1.23 bits per heavy atom. The van der Waals surface area contributed by atoms with E-state index in [0.717, 1.165) is 44.3 Å². The molecule has 0 bridgehead atoms. The molecule has 0 aromatic heterocycles. The fourth-order valence-corrected chi connectivity index (χ4v) is 1.60. The summed E-state index contributed by atoms with van der Waals surface area (Å²) in [5.74, 6) is 1.08. The molecule has 1 aliphatic carbocycles. The maximum atomic E-state index is 10.2. The number of methoxy groups -OCH3 is 4. The normalized spacial score (nSPS) is 13.0. The van der Waals surface area contributed by atoms with Gasteiger partial charge in [0.1, 0.15) is 0 Å². The highest BCUT2D eigenvalue weighted by Crippen LogP contribution is 2.28. The summed E-state index contributed by atoms with van der Waals surface area (Å²) >= 11 is 0. The smallest absolute Gasteiger partial charge is 0.332 e. The third-order valence-corrected chi connectivity index (χ3v) is 4.31. The van der Waals surface area contributed by atoms with Crippen LogP contribution in [-0.4, -0.2) is 72.9 Å².